The van der Waals surface area contributed by atoms with Gasteiger partial charge in [0.05, 0.1) is 5.69 Å². The summed E-state index contributed by atoms with van der Waals surface area (Å²) in [6.45, 7) is 2.87. The van der Waals surface area contributed by atoms with Gasteiger partial charge in [0.2, 0.25) is 11.7 Å². The molecule has 1 aliphatic rings. The molecule has 0 aliphatic carbocycles. The standard InChI is InChI=1S/C18H20N2O4/c1-12-16(24-17(19-12)14-5-3-2-4-6-14)18(23)20-9-7-13(8-10-20)11-15(21)22/h2-6,13H,7-11H2,1H3,(H,21,22). The van der Waals surface area contributed by atoms with E-state index in [9.17, 15) is 9.59 Å². The lowest BCUT2D eigenvalue weighted by molar-refractivity contribution is -0.138. The number of carboxylic acids is 1. The molecule has 1 aliphatic heterocycles. The minimum atomic E-state index is -0.779. The maximum absolute atomic E-state index is 12.7. The van der Waals surface area contributed by atoms with Crippen LogP contribution in [0.3, 0.4) is 0 Å². The molecular formula is C18H20N2O4. The van der Waals surface area contributed by atoms with Gasteiger partial charge in [-0.1, -0.05) is 18.2 Å². The fourth-order valence-corrected chi connectivity index (χ4v) is 3.03. The third kappa shape index (κ3) is 3.48. The van der Waals surface area contributed by atoms with Crippen molar-refractivity contribution in [1.82, 2.24) is 9.88 Å². The molecule has 6 heteroatoms. The van der Waals surface area contributed by atoms with Gasteiger partial charge in [0.1, 0.15) is 0 Å². The molecule has 3 rings (SSSR count). The van der Waals surface area contributed by atoms with Crippen molar-refractivity contribution in [3.63, 3.8) is 0 Å². The van der Waals surface area contributed by atoms with Crippen molar-refractivity contribution in [2.45, 2.75) is 26.2 Å². The maximum Gasteiger partial charge on any atom is 0.303 e. The summed E-state index contributed by atoms with van der Waals surface area (Å²) in [5.74, 6) is -0.0979. The van der Waals surface area contributed by atoms with Gasteiger partial charge < -0.3 is 14.4 Å². The first-order valence-electron chi connectivity index (χ1n) is 8.08. The largest absolute Gasteiger partial charge is 0.481 e. The molecule has 0 atom stereocenters. The van der Waals surface area contributed by atoms with Gasteiger partial charge in [0, 0.05) is 25.1 Å². The molecule has 1 saturated heterocycles. The van der Waals surface area contributed by atoms with Gasteiger partial charge in [-0.2, -0.15) is 0 Å². The number of hydrogen-bond donors (Lipinski definition) is 1. The molecule has 24 heavy (non-hydrogen) atoms. The first-order valence-corrected chi connectivity index (χ1v) is 8.08. The normalized spacial score (nSPS) is 15.5. The predicted octanol–water partition coefficient (Wildman–Crippen LogP) is 2.98. The third-order valence-electron chi connectivity index (χ3n) is 4.38. The van der Waals surface area contributed by atoms with E-state index in [1.807, 2.05) is 30.3 Å². The van der Waals surface area contributed by atoms with Crippen molar-refractivity contribution in [2.75, 3.05) is 13.1 Å². The number of carbonyl (C=O) groups excluding carboxylic acids is 1. The van der Waals surface area contributed by atoms with E-state index < -0.39 is 5.97 Å². The van der Waals surface area contributed by atoms with Crippen molar-refractivity contribution >= 4 is 11.9 Å². The number of hydrogen-bond acceptors (Lipinski definition) is 4. The maximum atomic E-state index is 12.7. The Hall–Kier alpha value is -2.63. The van der Waals surface area contributed by atoms with E-state index in [1.165, 1.54) is 0 Å². The highest BCUT2D eigenvalue weighted by Crippen LogP contribution is 2.25. The molecular weight excluding hydrogens is 308 g/mol. The molecule has 6 nitrogen and oxygen atoms in total. The van der Waals surface area contributed by atoms with Gasteiger partial charge in [-0.3, -0.25) is 9.59 Å². The Bertz CT molecular complexity index is 731. The van der Waals surface area contributed by atoms with Crippen LogP contribution >= 0.6 is 0 Å². The summed E-state index contributed by atoms with van der Waals surface area (Å²) in [5, 5.41) is 8.86. The van der Waals surface area contributed by atoms with Crippen molar-refractivity contribution in [3.8, 4) is 11.5 Å². The minimum Gasteiger partial charge on any atom is -0.481 e. The molecule has 2 heterocycles. The van der Waals surface area contributed by atoms with E-state index in [-0.39, 0.29) is 24.0 Å². The van der Waals surface area contributed by atoms with Crippen molar-refractivity contribution < 1.29 is 19.1 Å². The number of likely N-dealkylation sites (tertiary alicyclic amines) is 1. The fourth-order valence-electron chi connectivity index (χ4n) is 3.03. The van der Waals surface area contributed by atoms with Crippen molar-refractivity contribution in [1.29, 1.82) is 0 Å². The first-order chi connectivity index (χ1) is 11.5. The summed E-state index contributed by atoms with van der Waals surface area (Å²) in [4.78, 5) is 29.5. The Kier molecular flexibility index (Phi) is 4.64. The Balaban J connectivity index is 1.70. The zero-order chi connectivity index (χ0) is 17.1. The van der Waals surface area contributed by atoms with Crippen molar-refractivity contribution in [3.05, 3.63) is 41.8 Å². The van der Waals surface area contributed by atoms with Crippen LogP contribution in [-0.2, 0) is 4.79 Å². The quantitative estimate of drug-likeness (QED) is 0.933. The van der Waals surface area contributed by atoms with Crippen LogP contribution in [0.4, 0.5) is 0 Å². The number of nitrogens with zero attached hydrogens (tertiary/aromatic N) is 2. The summed E-state index contributed by atoms with van der Waals surface area (Å²) in [6.07, 6.45) is 1.58. The van der Waals surface area contributed by atoms with E-state index in [1.54, 1.807) is 11.8 Å². The van der Waals surface area contributed by atoms with Gasteiger partial charge in [-0.05, 0) is 37.8 Å². The Morgan fingerprint density at radius 2 is 1.92 bits per heavy atom. The second-order valence-corrected chi connectivity index (χ2v) is 6.13. The smallest absolute Gasteiger partial charge is 0.303 e. The predicted molar refractivity (Wildman–Crippen MR) is 87.6 cm³/mol. The molecule has 126 valence electrons. The monoisotopic (exact) mass is 328 g/mol. The second-order valence-electron chi connectivity index (χ2n) is 6.13. The van der Waals surface area contributed by atoms with Crippen LogP contribution in [0.2, 0.25) is 0 Å². The third-order valence-corrected chi connectivity index (χ3v) is 4.38. The number of amides is 1. The summed E-state index contributed by atoms with van der Waals surface area (Å²) < 4.78 is 5.71. The van der Waals surface area contributed by atoms with Crippen molar-refractivity contribution in [2.24, 2.45) is 5.92 Å². The molecule has 2 aromatic rings. The molecule has 1 amide bonds. The Labute approximate surface area is 140 Å². The number of benzene rings is 1. The number of aryl methyl sites for hydroxylation is 1. The zero-order valence-electron chi connectivity index (χ0n) is 13.6. The first kappa shape index (κ1) is 16.2. The number of rotatable bonds is 4. The van der Waals surface area contributed by atoms with Crippen LogP contribution < -0.4 is 0 Å². The number of aromatic nitrogens is 1. The van der Waals surface area contributed by atoms with Crippen LogP contribution in [0, 0.1) is 12.8 Å². The highest BCUT2D eigenvalue weighted by Gasteiger charge is 2.28. The van der Waals surface area contributed by atoms with E-state index >= 15 is 0 Å². The van der Waals surface area contributed by atoms with Crippen LogP contribution in [0.25, 0.3) is 11.5 Å². The van der Waals surface area contributed by atoms with E-state index in [0.29, 0.717) is 37.5 Å². The lowest BCUT2D eigenvalue weighted by Crippen LogP contribution is -2.39. The average Bonchev–Trinajstić information content (AvgIpc) is 2.97. The number of oxazole rings is 1. The minimum absolute atomic E-state index is 0.141. The van der Waals surface area contributed by atoms with Crippen LogP contribution in [0.5, 0.6) is 0 Å². The topological polar surface area (TPSA) is 83.6 Å². The SMILES string of the molecule is Cc1nc(-c2ccccc2)oc1C(=O)N1CCC(CC(=O)O)CC1. The number of aliphatic carboxylic acids is 1. The average molecular weight is 328 g/mol. The molecule has 0 spiro atoms. The number of carboxylic acid groups (broad SMARTS) is 1. The van der Waals surface area contributed by atoms with Gasteiger partial charge in [-0.25, -0.2) is 4.98 Å². The van der Waals surface area contributed by atoms with Gasteiger partial charge in [-0.15, -0.1) is 0 Å². The molecule has 0 saturated carbocycles. The second kappa shape index (κ2) is 6.86. The summed E-state index contributed by atoms with van der Waals surface area (Å²) in [7, 11) is 0. The number of piperidine rings is 1. The van der Waals surface area contributed by atoms with Gasteiger partial charge in [0.15, 0.2) is 0 Å². The highest BCUT2D eigenvalue weighted by molar-refractivity contribution is 5.93. The molecule has 0 unspecified atom stereocenters. The van der Waals surface area contributed by atoms with E-state index in [4.69, 9.17) is 9.52 Å². The fraction of sp³-hybridized carbons (Fsp3) is 0.389. The lowest BCUT2D eigenvalue weighted by Gasteiger charge is -2.30. The van der Waals surface area contributed by atoms with Gasteiger partial charge >= 0.3 is 5.97 Å². The molecule has 1 N–H and O–H groups in total. The molecule has 1 aromatic heterocycles. The Morgan fingerprint density at radius 1 is 1.25 bits per heavy atom. The lowest BCUT2D eigenvalue weighted by atomic mass is 9.93. The summed E-state index contributed by atoms with van der Waals surface area (Å²) in [6, 6.07) is 9.47. The molecule has 1 aromatic carbocycles. The molecule has 1 fully saturated rings. The van der Waals surface area contributed by atoms with E-state index in [2.05, 4.69) is 4.98 Å². The Morgan fingerprint density at radius 3 is 2.54 bits per heavy atom. The van der Waals surface area contributed by atoms with Crippen LogP contribution in [-0.4, -0.2) is 40.0 Å². The van der Waals surface area contributed by atoms with Crippen LogP contribution in [0.15, 0.2) is 34.7 Å². The highest BCUT2D eigenvalue weighted by atomic mass is 16.4. The van der Waals surface area contributed by atoms with Gasteiger partial charge in [0.25, 0.3) is 5.91 Å². The van der Waals surface area contributed by atoms with E-state index in [0.717, 1.165) is 5.56 Å². The zero-order valence-corrected chi connectivity index (χ0v) is 13.6. The summed E-state index contributed by atoms with van der Waals surface area (Å²) >= 11 is 0. The molecule has 0 radical (unpaired) electrons. The summed E-state index contributed by atoms with van der Waals surface area (Å²) in [5.41, 5.74) is 1.41. The van der Waals surface area contributed by atoms with Crippen LogP contribution in [0.1, 0.15) is 35.5 Å². The molecule has 0 bridgehead atoms. The number of carbonyl (C=O) groups is 2.